The van der Waals surface area contributed by atoms with Crippen molar-refractivity contribution in [1.82, 2.24) is 0 Å². The van der Waals surface area contributed by atoms with Crippen LogP contribution in [0.1, 0.15) is 43.6 Å². The van der Waals surface area contributed by atoms with E-state index in [1.165, 1.54) is 5.56 Å². The maximum absolute atomic E-state index is 10.4. The molecule has 0 aliphatic heterocycles. The Kier molecular flexibility index (Phi) is 5.33. The number of halogens is 2. The van der Waals surface area contributed by atoms with Gasteiger partial charge in [-0.15, -0.1) is 0 Å². The standard InChI is InChI=1S/C18H20ClIO/c1-18(2,3)13-6-4-12(5-7-13)10-17(21)15-11-14(19)8-9-16(15)20/h4-9,11,17,21H,10H2,1-3H3. The summed E-state index contributed by atoms with van der Waals surface area (Å²) in [5.41, 5.74) is 3.48. The summed E-state index contributed by atoms with van der Waals surface area (Å²) in [6.45, 7) is 6.60. The fraction of sp³-hybridized carbons (Fsp3) is 0.333. The second-order valence-corrected chi connectivity index (χ2v) is 7.93. The van der Waals surface area contributed by atoms with Gasteiger partial charge in [0.25, 0.3) is 0 Å². The molecular formula is C18H20ClIO. The molecule has 21 heavy (non-hydrogen) atoms. The Bertz CT molecular complexity index is 614. The Morgan fingerprint density at radius 1 is 1.10 bits per heavy atom. The normalized spacial score (nSPS) is 13.2. The summed E-state index contributed by atoms with van der Waals surface area (Å²) < 4.78 is 1.04. The van der Waals surface area contributed by atoms with Crippen LogP contribution in [-0.2, 0) is 11.8 Å². The van der Waals surface area contributed by atoms with E-state index in [9.17, 15) is 5.11 Å². The van der Waals surface area contributed by atoms with Gasteiger partial charge in [0, 0.05) is 15.0 Å². The summed E-state index contributed by atoms with van der Waals surface area (Å²) in [6, 6.07) is 14.1. The van der Waals surface area contributed by atoms with Gasteiger partial charge in [0.1, 0.15) is 0 Å². The van der Waals surface area contributed by atoms with Gasteiger partial charge in [0.15, 0.2) is 0 Å². The fourth-order valence-corrected chi connectivity index (χ4v) is 3.12. The number of benzene rings is 2. The van der Waals surface area contributed by atoms with Gasteiger partial charge >= 0.3 is 0 Å². The minimum absolute atomic E-state index is 0.152. The van der Waals surface area contributed by atoms with Gasteiger partial charge in [-0.1, -0.05) is 56.6 Å². The SMILES string of the molecule is CC(C)(C)c1ccc(CC(O)c2cc(Cl)ccc2I)cc1. The molecule has 0 aromatic heterocycles. The van der Waals surface area contributed by atoms with Gasteiger partial charge in [-0.05, 0) is 62.9 Å². The van der Waals surface area contributed by atoms with Crippen molar-refractivity contribution in [3.05, 3.63) is 67.7 Å². The first-order valence-electron chi connectivity index (χ1n) is 7.00. The second-order valence-electron chi connectivity index (χ2n) is 6.33. The molecule has 0 aliphatic rings. The first-order chi connectivity index (χ1) is 9.77. The molecule has 0 saturated carbocycles. The molecule has 2 aromatic rings. The predicted molar refractivity (Wildman–Crippen MR) is 98.0 cm³/mol. The predicted octanol–water partition coefficient (Wildman–Crippen LogP) is 5.52. The van der Waals surface area contributed by atoms with E-state index in [-0.39, 0.29) is 5.41 Å². The third kappa shape index (κ3) is 4.44. The van der Waals surface area contributed by atoms with Gasteiger partial charge in [0.2, 0.25) is 0 Å². The van der Waals surface area contributed by atoms with Crippen molar-refractivity contribution >= 4 is 34.2 Å². The van der Waals surface area contributed by atoms with Crippen molar-refractivity contribution in [2.24, 2.45) is 0 Å². The topological polar surface area (TPSA) is 20.2 Å². The van der Waals surface area contributed by atoms with Crippen LogP contribution in [0.25, 0.3) is 0 Å². The van der Waals surface area contributed by atoms with Crippen LogP contribution in [-0.4, -0.2) is 5.11 Å². The zero-order valence-electron chi connectivity index (χ0n) is 12.5. The van der Waals surface area contributed by atoms with E-state index >= 15 is 0 Å². The molecule has 0 heterocycles. The molecule has 1 unspecified atom stereocenters. The minimum atomic E-state index is -0.531. The third-order valence-corrected chi connectivity index (χ3v) is 4.78. The van der Waals surface area contributed by atoms with Gasteiger partial charge in [0.05, 0.1) is 6.10 Å². The van der Waals surface area contributed by atoms with Crippen LogP contribution in [0.2, 0.25) is 5.02 Å². The first-order valence-corrected chi connectivity index (χ1v) is 8.45. The lowest BCUT2D eigenvalue weighted by atomic mass is 9.86. The maximum atomic E-state index is 10.4. The van der Waals surface area contributed by atoms with Crippen molar-refractivity contribution in [2.45, 2.75) is 38.7 Å². The molecule has 1 atom stereocenters. The second kappa shape index (κ2) is 6.67. The number of aliphatic hydroxyl groups excluding tert-OH is 1. The average Bonchev–Trinajstić information content (AvgIpc) is 2.41. The van der Waals surface area contributed by atoms with Crippen molar-refractivity contribution in [1.29, 1.82) is 0 Å². The van der Waals surface area contributed by atoms with Crippen molar-refractivity contribution in [3.63, 3.8) is 0 Å². The van der Waals surface area contributed by atoms with Crippen LogP contribution in [0.5, 0.6) is 0 Å². The van der Waals surface area contributed by atoms with E-state index in [1.54, 1.807) is 0 Å². The summed E-state index contributed by atoms with van der Waals surface area (Å²) in [5.74, 6) is 0. The molecule has 0 saturated heterocycles. The number of hydrogen-bond acceptors (Lipinski definition) is 1. The molecule has 2 rings (SSSR count). The molecule has 3 heteroatoms. The smallest absolute Gasteiger partial charge is 0.0841 e. The summed E-state index contributed by atoms with van der Waals surface area (Å²) in [4.78, 5) is 0. The van der Waals surface area contributed by atoms with Crippen molar-refractivity contribution in [2.75, 3.05) is 0 Å². The number of hydrogen-bond donors (Lipinski definition) is 1. The Balaban J connectivity index is 2.16. The van der Waals surface area contributed by atoms with E-state index in [4.69, 9.17) is 11.6 Å². The molecule has 1 nitrogen and oxygen atoms in total. The monoisotopic (exact) mass is 414 g/mol. The largest absolute Gasteiger partial charge is 0.388 e. The van der Waals surface area contributed by atoms with E-state index in [2.05, 4.69) is 67.6 Å². The minimum Gasteiger partial charge on any atom is -0.388 e. The molecule has 0 aliphatic carbocycles. The van der Waals surface area contributed by atoms with Crippen LogP contribution in [0.15, 0.2) is 42.5 Å². The van der Waals surface area contributed by atoms with Crippen molar-refractivity contribution < 1.29 is 5.11 Å². The fourth-order valence-electron chi connectivity index (χ4n) is 2.24. The van der Waals surface area contributed by atoms with E-state index in [0.29, 0.717) is 11.4 Å². The highest BCUT2D eigenvalue weighted by molar-refractivity contribution is 14.1. The Morgan fingerprint density at radius 2 is 1.71 bits per heavy atom. The first kappa shape index (κ1) is 16.8. The summed E-state index contributed by atoms with van der Waals surface area (Å²) >= 11 is 8.25. The van der Waals surface area contributed by atoms with Crippen LogP contribution >= 0.6 is 34.2 Å². The highest BCUT2D eigenvalue weighted by atomic mass is 127. The Morgan fingerprint density at radius 3 is 2.29 bits per heavy atom. The third-order valence-electron chi connectivity index (χ3n) is 3.57. The summed E-state index contributed by atoms with van der Waals surface area (Å²) in [5, 5.41) is 11.1. The highest BCUT2D eigenvalue weighted by Gasteiger charge is 2.15. The molecule has 0 bridgehead atoms. The zero-order chi connectivity index (χ0) is 15.6. The van der Waals surface area contributed by atoms with Crippen LogP contribution in [0, 0.1) is 3.57 Å². The molecule has 0 radical (unpaired) electrons. The molecule has 2 aromatic carbocycles. The maximum Gasteiger partial charge on any atom is 0.0841 e. The Hall–Kier alpha value is -0.580. The number of aliphatic hydroxyl groups is 1. The lowest BCUT2D eigenvalue weighted by molar-refractivity contribution is 0.177. The zero-order valence-corrected chi connectivity index (χ0v) is 15.4. The van der Waals surface area contributed by atoms with Crippen LogP contribution in [0.4, 0.5) is 0 Å². The van der Waals surface area contributed by atoms with Crippen LogP contribution in [0.3, 0.4) is 0 Å². The van der Waals surface area contributed by atoms with E-state index in [1.807, 2.05) is 18.2 Å². The highest BCUT2D eigenvalue weighted by Crippen LogP contribution is 2.27. The van der Waals surface area contributed by atoms with Gasteiger partial charge < -0.3 is 5.11 Å². The molecular weight excluding hydrogens is 395 g/mol. The van der Waals surface area contributed by atoms with Crippen molar-refractivity contribution in [3.8, 4) is 0 Å². The van der Waals surface area contributed by atoms with Crippen LogP contribution < -0.4 is 0 Å². The van der Waals surface area contributed by atoms with E-state index < -0.39 is 6.10 Å². The molecule has 0 amide bonds. The summed E-state index contributed by atoms with van der Waals surface area (Å²) in [6.07, 6.45) is 0.0666. The average molecular weight is 415 g/mol. The summed E-state index contributed by atoms with van der Waals surface area (Å²) in [7, 11) is 0. The lowest BCUT2D eigenvalue weighted by Crippen LogP contribution is -2.11. The van der Waals surface area contributed by atoms with Gasteiger partial charge in [-0.3, -0.25) is 0 Å². The molecule has 1 N–H and O–H groups in total. The lowest BCUT2D eigenvalue weighted by Gasteiger charge is -2.20. The van der Waals surface area contributed by atoms with E-state index in [0.717, 1.165) is 14.7 Å². The quantitative estimate of drug-likeness (QED) is 0.656. The number of rotatable bonds is 3. The Labute approximate surface area is 145 Å². The molecule has 112 valence electrons. The van der Waals surface area contributed by atoms with Gasteiger partial charge in [-0.2, -0.15) is 0 Å². The van der Waals surface area contributed by atoms with Gasteiger partial charge in [-0.25, -0.2) is 0 Å². The molecule has 0 fully saturated rings. The molecule has 0 spiro atoms.